The smallest absolute Gasteiger partial charge is 0.411 e. The molecule has 24 heavy (non-hydrogen) atoms. The number of carboxylic acid groups (broad SMARTS) is 1. The number of amides is 2. The molecular weight excluding hydrogens is 312 g/mol. The van der Waals surface area contributed by atoms with E-state index in [0.717, 1.165) is 0 Å². The molecule has 0 aromatic heterocycles. The van der Waals surface area contributed by atoms with Crippen LogP contribution in [0.4, 0.5) is 16.2 Å². The Morgan fingerprint density at radius 1 is 1.08 bits per heavy atom. The third-order valence-electron chi connectivity index (χ3n) is 4.61. The number of anilines is 2. The van der Waals surface area contributed by atoms with E-state index in [1.165, 1.54) is 7.11 Å². The maximum atomic E-state index is 12.6. The topological polar surface area (TPSA) is 105 Å². The summed E-state index contributed by atoms with van der Waals surface area (Å²) < 4.78 is 4.52. The van der Waals surface area contributed by atoms with Gasteiger partial charge in [0.2, 0.25) is 5.91 Å². The molecule has 0 saturated heterocycles. The van der Waals surface area contributed by atoms with E-state index in [0.29, 0.717) is 17.8 Å². The molecule has 4 atom stereocenters. The minimum absolute atomic E-state index is 0.0347. The standard InChI is InChI=1S/C17H18N2O5/c1-24-17(23)19-12-4-2-3-11(8-12)18-15(20)13-9-5-6-10(7-9)14(13)16(21)22/h2-6,8-10,13-14H,7H2,1H3,(H,18,20)(H,19,23)(H,21,22). The van der Waals surface area contributed by atoms with Crippen LogP contribution in [-0.4, -0.2) is 30.2 Å². The van der Waals surface area contributed by atoms with E-state index in [1.54, 1.807) is 24.3 Å². The first kappa shape index (κ1) is 16.0. The van der Waals surface area contributed by atoms with Gasteiger partial charge in [-0.1, -0.05) is 18.2 Å². The highest BCUT2D eigenvalue weighted by Crippen LogP contribution is 2.48. The van der Waals surface area contributed by atoms with Gasteiger partial charge in [-0.15, -0.1) is 0 Å². The van der Waals surface area contributed by atoms with Crippen molar-refractivity contribution in [2.24, 2.45) is 23.7 Å². The Hall–Kier alpha value is -2.83. The summed E-state index contributed by atoms with van der Waals surface area (Å²) >= 11 is 0. The van der Waals surface area contributed by atoms with E-state index in [-0.39, 0.29) is 17.7 Å². The molecular formula is C17H18N2O5. The van der Waals surface area contributed by atoms with Gasteiger partial charge in [0, 0.05) is 11.4 Å². The summed E-state index contributed by atoms with van der Waals surface area (Å²) in [6, 6.07) is 6.61. The summed E-state index contributed by atoms with van der Waals surface area (Å²) in [5, 5.41) is 14.7. The second-order valence-corrected chi connectivity index (χ2v) is 6.02. The third-order valence-corrected chi connectivity index (χ3v) is 4.61. The number of carboxylic acids is 1. The first-order valence-corrected chi connectivity index (χ1v) is 7.66. The molecule has 2 aliphatic rings. The fourth-order valence-electron chi connectivity index (χ4n) is 3.59. The monoisotopic (exact) mass is 330 g/mol. The fourth-order valence-corrected chi connectivity index (χ4v) is 3.59. The van der Waals surface area contributed by atoms with Crippen molar-refractivity contribution in [2.45, 2.75) is 6.42 Å². The fraction of sp³-hybridized carbons (Fsp3) is 0.353. The van der Waals surface area contributed by atoms with E-state index in [9.17, 15) is 19.5 Å². The van der Waals surface area contributed by atoms with Crippen LogP contribution >= 0.6 is 0 Å². The van der Waals surface area contributed by atoms with Crippen LogP contribution in [0.1, 0.15) is 6.42 Å². The molecule has 0 aliphatic heterocycles. The summed E-state index contributed by atoms with van der Waals surface area (Å²) in [5.74, 6) is -2.61. The van der Waals surface area contributed by atoms with Crippen molar-refractivity contribution in [1.82, 2.24) is 0 Å². The number of hydrogen-bond acceptors (Lipinski definition) is 4. The van der Waals surface area contributed by atoms with E-state index < -0.39 is 23.9 Å². The highest BCUT2D eigenvalue weighted by Gasteiger charge is 2.51. The SMILES string of the molecule is COC(=O)Nc1cccc(NC(=O)C2C3C=CC(C3)C2C(=O)O)c1. The van der Waals surface area contributed by atoms with Crippen LogP contribution in [0.3, 0.4) is 0 Å². The van der Waals surface area contributed by atoms with Crippen LogP contribution in [0.5, 0.6) is 0 Å². The molecule has 7 nitrogen and oxygen atoms in total. The van der Waals surface area contributed by atoms with Crippen LogP contribution in [0.25, 0.3) is 0 Å². The van der Waals surface area contributed by atoms with Crippen LogP contribution < -0.4 is 10.6 Å². The second-order valence-electron chi connectivity index (χ2n) is 6.02. The Balaban J connectivity index is 1.73. The zero-order valence-corrected chi connectivity index (χ0v) is 13.1. The van der Waals surface area contributed by atoms with Gasteiger partial charge in [0.15, 0.2) is 0 Å². The summed E-state index contributed by atoms with van der Waals surface area (Å²) in [6.07, 6.45) is 3.93. The number of carbonyl (C=O) groups excluding carboxylic acids is 2. The lowest BCUT2D eigenvalue weighted by molar-refractivity contribution is -0.146. The number of ether oxygens (including phenoxy) is 1. The maximum absolute atomic E-state index is 12.6. The van der Waals surface area contributed by atoms with Gasteiger partial charge in [-0.3, -0.25) is 14.9 Å². The zero-order valence-electron chi connectivity index (χ0n) is 13.1. The van der Waals surface area contributed by atoms with Crippen LogP contribution in [0.15, 0.2) is 36.4 Å². The Morgan fingerprint density at radius 2 is 1.71 bits per heavy atom. The van der Waals surface area contributed by atoms with Crippen molar-refractivity contribution in [3.8, 4) is 0 Å². The molecule has 2 amide bonds. The number of rotatable bonds is 4. The first-order chi connectivity index (χ1) is 11.5. The normalized spacial score (nSPS) is 26.9. The van der Waals surface area contributed by atoms with Crippen LogP contribution in [0, 0.1) is 23.7 Å². The zero-order chi connectivity index (χ0) is 17.3. The van der Waals surface area contributed by atoms with Crippen molar-refractivity contribution in [2.75, 3.05) is 17.7 Å². The van der Waals surface area contributed by atoms with Gasteiger partial charge in [-0.2, -0.15) is 0 Å². The molecule has 2 aliphatic carbocycles. The van der Waals surface area contributed by atoms with Gasteiger partial charge in [-0.05, 0) is 36.5 Å². The number of carbonyl (C=O) groups is 3. The number of hydrogen-bond donors (Lipinski definition) is 3. The minimum atomic E-state index is -0.937. The number of benzene rings is 1. The third kappa shape index (κ3) is 2.97. The summed E-state index contributed by atoms with van der Waals surface area (Å²) in [6.45, 7) is 0. The molecule has 0 radical (unpaired) electrons. The van der Waals surface area contributed by atoms with Gasteiger partial charge in [0.05, 0.1) is 18.9 Å². The summed E-state index contributed by atoms with van der Waals surface area (Å²) in [5.41, 5.74) is 0.965. The highest BCUT2D eigenvalue weighted by molar-refractivity contribution is 5.97. The lowest BCUT2D eigenvalue weighted by atomic mass is 9.82. The highest BCUT2D eigenvalue weighted by atomic mass is 16.5. The minimum Gasteiger partial charge on any atom is -0.481 e. The lowest BCUT2D eigenvalue weighted by Crippen LogP contribution is -2.36. The van der Waals surface area contributed by atoms with Crippen LogP contribution in [-0.2, 0) is 14.3 Å². The molecule has 1 aromatic rings. The van der Waals surface area contributed by atoms with Crippen molar-refractivity contribution in [1.29, 1.82) is 0 Å². The van der Waals surface area contributed by atoms with Crippen molar-refractivity contribution < 1.29 is 24.2 Å². The molecule has 2 bridgehead atoms. The average molecular weight is 330 g/mol. The molecule has 0 heterocycles. The summed E-state index contributed by atoms with van der Waals surface area (Å²) in [4.78, 5) is 35.3. The molecule has 1 fully saturated rings. The Bertz CT molecular complexity index is 715. The van der Waals surface area contributed by atoms with E-state index in [2.05, 4.69) is 15.4 Å². The Labute approximate surface area is 138 Å². The van der Waals surface area contributed by atoms with E-state index in [4.69, 9.17) is 0 Å². The number of fused-ring (bicyclic) bond motifs is 2. The van der Waals surface area contributed by atoms with E-state index >= 15 is 0 Å². The molecule has 7 heteroatoms. The molecule has 3 rings (SSSR count). The summed E-state index contributed by atoms with van der Waals surface area (Å²) in [7, 11) is 1.26. The predicted octanol–water partition coefficient (Wildman–Crippen LogP) is 2.33. The van der Waals surface area contributed by atoms with Gasteiger partial charge < -0.3 is 15.2 Å². The Kier molecular flexibility index (Phi) is 4.24. The average Bonchev–Trinajstić information content (AvgIpc) is 3.15. The number of allylic oxidation sites excluding steroid dienone is 2. The quantitative estimate of drug-likeness (QED) is 0.735. The largest absolute Gasteiger partial charge is 0.481 e. The Morgan fingerprint density at radius 3 is 2.33 bits per heavy atom. The van der Waals surface area contributed by atoms with Gasteiger partial charge in [0.1, 0.15) is 0 Å². The number of aliphatic carboxylic acids is 1. The van der Waals surface area contributed by atoms with Crippen molar-refractivity contribution in [3.05, 3.63) is 36.4 Å². The van der Waals surface area contributed by atoms with E-state index in [1.807, 2.05) is 12.2 Å². The molecule has 0 spiro atoms. The molecule has 1 aromatic carbocycles. The van der Waals surface area contributed by atoms with Crippen molar-refractivity contribution in [3.63, 3.8) is 0 Å². The van der Waals surface area contributed by atoms with Crippen molar-refractivity contribution >= 4 is 29.3 Å². The van der Waals surface area contributed by atoms with Gasteiger partial charge in [0.25, 0.3) is 0 Å². The predicted molar refractivity (Wildman–Crippen MR) is 86.5 cm³/mol. The number of methoxy groups -OCH3 is 1. The maximum Gasteiger partial charge on any atom is 0.411 e. The van der Waals surface area contributed by atoms with Gasteiger partial charge >= 0.3 is 12.1 Å². The molecule has 3 N–H and O–H groups in total. The number of nitrogens with one attached hydrogen (secondary N) is 2. The molecule has 4 unspecified atom stereocenters. The second kappa shape index (κ2) is 6.35. The van der Waals surface area contributed by atoms with Crippen LogP contribution in [0.2, 0.25) is 0 Å². The first-order valence-electron chi connectivity index (χ1n) is 7.66. The molecule has 1 saturated carbocycles. The van der Waals surface area contributed by atoms with Gasteiger partial charge in [-0.25, -0.2) is 4.79 Å². The lowest BCUT2D eigenvalue weighted by Gasteiger charge is -2.24. The molecule has 126 valence electrons.